The van der Waals surface area contributed by atoms with Crippen LogP contribution in [0.25, 0.3) is 0 Å². The van der Waals surface area contributed by atoms with Crippen LogP contribution in [0.4, 0.5) is 5.69 Å². The molecule has 0 spiro atoms. The first-order valence-electron chi connectivity index (χ1n) is 5.47. The second-order valence-corrected chi connectivity index (χ2v) is 4.44. The second-order valence-electron chi connectivity index (χ2n) is 3.53. The minimum atomic E-state index is -0.710. The molecule has 1 rings (SSSR count). The van der Waals surface area contributed by atoms with Crippen molar-refractivity contribution in [3.63, 3.8) is 0 Å². The summed E-state index contributed by atoms with van der Waals surface area (Å²) in [6.45, 7) is 3.68. The molecule has 7 heteroatoms. The maximum absolute atomic E-state index is 11.7. The van der Waals surface area contributed by atoms with Gasteiger partial charge in [-0.2, -0.15) is 0 Å². The largest absolute Gasteiger partial charge is 0.465 e. The van der Waals surface area contributed by atoms with Crippen molar-refractivity contribution in [1.82, 2.24) is 4.98 Å². The number of ether oxygens (including phenoxy) is 1. The fourth-order valence-electron chi connectivity index (χ4n) is 1.57. The molecule has 1 aromatic rings. The number of halogens is 1. The van der Waals surface area contributed by atoms with Crippen molar-refractivity contribution in [1.29, 1.82) is 0 Å². The highest BCUT2D eigenvalue weighted by Gasteiger charge is 2.29. The average Bonchev–Trinajstić information content (AvgIpc) is 2.32. The van der Waals surface area contributed by atoms with Crippen LogP contribution in [-0.4, -0.2) is 22.5 Å². The van der Waals surface area contributed by atoms with Gasteiger partial charge in [0.05, 0.1) is 11.5 Å². The van der Waals surface area contributed by atoms with E-state index in [9.17, 15) is 14.9 Å². The average molecular weight is 317 g/mol. The molecule has 1 atom stereocenters. The molecule has 0 aliphatic heterocycles. The van der Waals surface area contributed by atoms with Gasteiger partial charge in [0.1, 0.15) is 11.6 Å². The summed E-state index contributed by atoms with van der Waals surface area (Å²) in [4.78, 5) is 26.1. The van der Waals surface area contributed by atoms with E-state index in [4.69, 9.17) is 4.74 Å². The molecule has 0 amide bonds. The van der Waals surface area contributed by atoms with E-state index < -0.39 is 16.8 Å². The van der Waals surface area contributed by atoms with Crippen LogP contribution in [0.3, 0.4) is 0 Å². The minimum absolute atomic E-state index is 0.143. The highest BCUT2D eigenvalue weighted by molar-refractivity contribution is 9.10. The van der Waals surface area contributed by atoms with E-state index in [1.54, 1.807) is 13.8 Å². The third kappa shape index (κ3) is 3.25. The highest BCUT2D eigenvalue weighted by Crippen LogP contribution is 2.30. The summed E-state index contributed by atoms with van der Waals surface area (Å²) in [5.74, 6) is -1.20. The lowest BCUT2D eigenvalue weighted by Crippen LogP contribution is -2.17. The number of hydrogen-bond donors (Lipinski definition) is 0. The number of hydrogen-bond acceptors (Lipinski definition) is 5. The summed E-state index contributed by atoms with van der Waals surface area (Å²) in [6, 6.07) is 1.34. The van der Waals surface area contributed by atoms with Crippen LogP contribution in [0.1, 0.15) is 31.9 Å². The molecule has 6 nitrogen and oxygen atoms in total. The van der Waals surface area contributed by atoms with E-state index in [0.717, 1.165) is 0 Å². The number of carbonyl (C=O) groups excluding carboxylic acids is 1. The monoisotopic (exact) mass is 316 g/mol. The lowest BCUT2D eigenvalue weighted by atomic mass is 10.0. The van der Waals surface area contributed by atoms with E-state index >= 15 is 0 Å². The summed E-state index contributed by atoms with van der Waals surface area (Å²) in [5.41, 5.74) is -0.0339. The molecule has 1 aromatic heterocycles. The normalized spacial score (nSPS) is 11.9. The molecule has 0 bridgehead atoms. The molecule has 0 aliphatic rings. The Kier molecular flexibility index (Phi) is 5.21. The van der Waals surface area contributed by atoms with Crippen molar-refractivity contribution in [2.75, 3.05) is 6.61 Å². The predicted octanol–water partition coefficient (Wildman–Crippen LogP) is 2.81. The van der Waals surface area contributed by atoms with Crippen LogP contribution in [-0.2, 0) is 9.53 Å². The summed E-state index contributed by atoms with van der Waals surface area (Å²) in [5, 5.41) is 11.0. The number of nitro groups is 1. The Morgan fingerprint density at radius 1 is 1.61 bits per heavy atom. The zero-order valence-electron chi connectivity index (χ0n) is 10.1. The van der Waals surface area contributed by atoms with Gasteiger partial charge in [0, 0.05) is 16.7 Å². The van der Waals surface area contributed by atoms with Crippen molar-refractivity contribution in [2.24, 2.45) is 0 Å². The predicted molar refractivity (Wildman–Crippen MR) is 68.3 cm³/mol. The SMILES string of the molecule is CCOC(=O)C(CC)c1ncc(Br)cc1[N+](=O)[O-]. The molecule has 0 saturated carbocycles. The molecule has 1 unspecified atom stereocenters. The standard InChI is InChI=1S/C11H13BrN2O4/c1-3-8(11(15)18-4-2)10-9(14(16)17)5-7(12)6-13-10/h5-6,8H,3-4H2,1-2H3. The van der Waals surface area contributed by atoms with E-state index in [2.05, 4.69) is 20.9 Å². The Labute approximate surface area is 113 Å². The van der Waals surface area contributed by atoms with Gasteiger partial charge in [-0.15, -0.1) is 0 Å². The molecule has 0 N–H and O–H groups in total. The molecule has 0 fully saturated rings. The van der Waals surface area contributed by atoms with Crippen LogP contribution in [0, 0.1) is 10.1 Å². The highest BCUT2D eigenvalue weighted by atomic mass is 79.9. The van der Waals surface area contributed by atoms with Crippen molar-refractivity contribution in [3.05, 3.63) is 32.5 Å². The molecular weight excluding hydrogens is 304 g/mol. The van der Waals surface area contributed by atoms with Gasteiger partial charge in [-0.05, 0) is 29.3 Å². The molecule has 0 radical (unpaired) electrons. The quantitative estimate of drug-likeness (QED) is 0.474. The van der Waals surface area contributed by atoms with E-state index in [0.29, 0.717) is 10.9 Å². The van der Waals surface area contributed by atoms with Gasteiger partial charge >= 0.3 is 5.97 Å². The maximum atomic E-state index is 11.7. The van der Waals surface area contributed by atoms with E-state index in [1.807, 2.05) is 0 Å². The molecular formula is C11H13BrN2O4. The van der Waals surface area contributed by atoms with Crippen LogP contribution in [0.15, 0.2) is 16.7 Å². The van der Waals surface area contributed by atoms with Crippen molar-refractivity contribution >= 4 is 27.6 Å². The Balaban J connectivity index is 3.20. The summed E-state index contributed by atoms with van der Waals surface area (Å²) in [6.07, 6.45) is 1.83. The first-order valence-corrected chi connectivity index (χ1v) is 6.27. The van der Waals surface area contributed by atoms with Gasteiger partial charge in [-0.1, -0.05) is 6.92 Å². The fraction of sp³-hybridized carbons (Fsp3) is 0.455. The minimum Gasteiger partial charge on any atom is -0.465 e. The molecule has 0 aromatic carbocycles. The molecule has 0 saturated heterocycles. The van der Waals surface area contributed by atoms with Crippen molar-refractivity contribution in [2.45, 2.75) is 26.2 Å². The summed E-state index contributed by atoms with van der Waals surface area (Å²) >= 11 is 3.12. The molecule has 1 heterocycles. The number of nitrogens with zero attached hydrogens (tertiary/aromatic N) is 2. The van der Waals surface area contributed by atoms with Crippen LogP contribution in [0.2, 0.25) is 0 Å². The van der Waals surface area contributed by atoms with Crippen LogP contribution < -0.4 is 0 Å². The molecule has 18 heavy (non-hydrogen) atoms. The van der Waals surface area contributed by atoms with Gasteiger partial charge in [0.25, 0.3) is 5.69 Å². The third-order valence-electron chi connectivity index (χ3n) is 2.37. The topological polar surface area (TPSA) is 82.3 Å². The smallest absolute Gasteiger partial charge is 0.315 e. The van der Waals surface area contributed by atoms with Crippen molar-refractivity contribution in [3.8, 4) is 0 Å². The van der Waals surface area contributed by atoms with Crippen LogP contribution in [0.5, 0.6) is 0 Å². The number of esters is 1. The zero-order valence-corrected chi connectivity index (χ0v) is 11.6. The van der Waals surface area contributed by atoms with E-state index in [1.165, 1.54) is 12.3 Å². The number of carbonyl (C=O) groups is 1. The first-order chi connectivity index (χ1) is 8.51. The first kappa shape index (κ1) is 14.6. The third-order valence-corrected chi connectivity index (χ3v) is 2.80. The lowest BCUT2D eigenvalue weighted by molar-refractivity contribution is -0.386. The Morgan fingerprint density at radius 3 is 2.78 bits per heavy atom. The van der Waals surface area contributed by atoms with Gasteiger partial charge < -0.3 is 4.74 Å². The van der Waals surface area contributed by atoms with Gasteiger partial charge in [0.2, 0.25) is 0 Å². The van der Waals surface area contributed by atoms with Gasteiger partial charge in [0.15, 0.2) is 0 Å². The lowest BCUT2D eigenvalue weighted by Gasteiger charge is -2.13. The van der Waals surface area contributed by atoms with Crippen molar-refractivity contribution < 1.29 is 14.5 Å². The number of pyridine rings is 1. The maximum Gasteiger partial charge on any atom is 0.315 e. The van der Waals surface area contributed by atoms with Gasteiger partial charge in [-0.3, -0.25) is 19.9 Å². The zero-order chi connectivity index (χ0) is 13.7. The summed E-state index contributed by atoms with van der Waals surface area (Å²) < 4.78 is 5.40. The van der Waals surface area contributed by atoms with E-state index in [-0.39, 0.29) is 18.0 Å². The number of rotatable bonds is 5. The Bertz CT molecular complexity index is 464. The Hall–Kier alpha value is -1.50. The fourth-order valence-corrected chi connectivity index (χ4v) is 1.89. The Morgan fingerprint density at radius 2 is 2.28 bits per heavy atom. The van der Waals surface area contributed by atoms with Gasteiger partial charge in [-0.25, -0.2) is 0 Å². The summed E-state index contributed by atoms with van der Waals surface area (Å²) in [7, 11) is 0. The second kappa shape index (κ2) is 6.44. The van der Waals surface area contributed by atoms with Crippen LogP contribution >= 0.6 is 15.9 Å². The molecule has 98 valence electrons. The number of aromatic nitrogens is 1. The molecule has 0 aliphatic carbocycles.